The molecule has 2 aliphatic heterocycles. The van der Waals surface area contributed by atoms with E-state index in [1.54, 1.807) is 17.0 Å². The van der Waals surface area contributed by atoms with Gasteiger partial charge in [0.2, 0.25) is 0 Å². The molecule has 1 spiro atoms. The molecule has 0 unspecified atom stereocenters. The lowest BCUT2D eigenvalue weighted by Crippen LogP contribution is -2.53. The standard InChI is InChI=1S/C19H24ClNO5/c1-18(2,3)26-17(23)21-7-5-19(6-8-21)11-13(22)16-14(24-4)9-12(20)10-15(16)25-19/h9-10H,5-8,11H2,1-4H3. The first-order chi connectivity index (χ1) is 12.1. The monoisotopic (exact) mass is 381 g/mol. The van der Waals surface area contributed by atoms with Crippen molar-refractivity contribution in [3.05, 3.63) is 22.7 Å². The average molecular weight is 382 g/mol. The predicted molar refractivity (Wildman–Crippen MR) is 97.4 cm³/mol. The van der Waals surface area contributed by atoms with Crippen molar-refractivity contribution in [3.63, 3.8) is 0 Å². The van der Waals surface area contributed by atoms with E-state index < -0.39 is 11.2 Å². The molecule has 0 atom stereocenters. The Kier molecular flexibility index (Phi) is 4.82. The van der Waals surface area contributed by atoms with E-state index in [0.29, 0.717) is 48.0 Å². The Bertz CT molecular complexity index is 732. The maximum atomic E-state index is 12.7. The molecule has 1 aromatic rings. The highest BCUT2D eigenvalue weighted by atomic mass is 35.5. The predicted octanol–water partition coefficient (Wildman–Crippen LogP) is 4.08. The van der Waals surface area contributed by atoms with Gasteiger partial charge in [0.1, 0.15) is 28.3 Å². The van der Waals surface area contributed by atoms with Gasteiger partial charge in [-0.2, -0.15) is 0 Å². The van der Waals surface area contributed by atoms with Gasteiger partial charge in [0.25, 0.3) is 0 Å². The van der Waals surface area contributed by atoms with Crippen molar-refractivity contribution in [2.24, 2.45) is 0 Å². The van der Waals surface area contributed by atoms with E-state index in [-0.39, 0.29) is 18.3 Å². The van der Waals surface area contributed by atoms with Crippen LogP contribution in [0.5, 0.6) is 11.5 Å². The fourth-order valence-electron chi connectivity index (χ4n) is 3.43. The maximum absolute atomic E-state index is 12.7. The van der Waals surface area contributed by atoms with Gasteiger partial charge in [0, 0.05) is 31.0 Å². The molecule has 0 radical (unpaired) electrons. The van der Waals surface area contributed by atoms with Gasteiger partial charge in [0.15, 0.2) is 5.78 Å². The van der Waals surface area contributed by atoms with Crippen LogP contribution in [0.25, 0.3) is 0 Å². The summed E-state index contributed by atoms with van der Waals surface area (Å²) >= 11 is 6.12. The quantitative estimate of drug-likeness (QED) is 0.733. The molecule has 1 fully saturated rings. The van der Waals surface area contributed by atoms with Gasteiger partial charge in [-0.3, -0.25) is 4.79 Å². The van der Waals surface area contributed by atoms with Gasteiger partial charge in [0.05, 0.1) is 13.5 Å². The first-order valence-corrected chi connectivity index (χ1v) is 9.08. The van der Waals surface area contributed by atoms with Crippen LogP contribution in [-0.4, -0.2) is 48.2 Å². The lowest BCUT2D eigenvalue weighted by atomic mass is 9.82. The fraction of sp³-hybridized carbons (Fsp3) is 0.579. The van der Waals surface area contributed by atoms with E-state index in [0.717, 1.165) is 0 Å². The Hall–Kier alpha value is -1.95. The van der Waals surface area contributed by atoms with Gasteiger partial charge >= 0.3 is 6.09 Å². The maximum Gasteiger partial charge on any atom is 0.410 e. The molecule has 1 aromatic carbocycles. The summed E-state index contributed by atoms with van der Waals surface area (Å²) in [6.45, 7) is 6.48. The minimum atomic E-state index is -0.613. The summed E-state index contributed by atoms with van der Waals surface area (Å²) in [5.41, 5.74) is -0.703. The van der Waals surface area contributed by atoms with Crippen LogP contribution in [0.15, 0.2) is 12.1 Å². The third-order valence-corrected chi connectivity index (χ3v) is 4.88. The third kappa shape index (κ3) is 3.75. The van der Waals surface area contributed by atoms with E-state index in [2.05, 4.69) is 0 Å². The normalized spacial score (nSPS) is 19.0. The molecule has 0 saturated carbocycles. The first kappa shape index (κ1) is 18.8. The van der Waals surface area contributed by atoms with Gasteiger partial charge < -0.3 is 19.1 Å². The molecule has 26 heavy (non-hydrogen) atoms. The molecule has 0 N–H and O–H groups in total. The molecule has 1 amide bonds. The van der Waals surface area contributed by atoms with E-state index >= 15 is 0 Å². The summed E-state index contributed by atoms with van der Waals surface area (Å²) in [5, 5.41) is 0.455. The molecule has 3 rings (SSSR count). The van der Waals surface area contributed by atoms with Crippen LogP contribution in [0.1, 0.15) is 50.4 Å². The second-order valence-electron chi connectivity index (χ2n) is 7.83. The largest absolute Gasteiger partial charge is 0.496 e. The van der Waals surface area contributed by atoms with Gasteiger partial charge in [-0.15, -0.1) is 0 Å². The van der Waals surface area contributed by atoms with E-state index in [9.17, 15) is 9.59 Å². The third-order valence-electron chi connectivity index (χ3n) is 4.67. The van der Waals surface area contributed by atoms with Crippen molar-refractivity contribution in [3.8, 4) is 11.5 Å². The van der Waals surface area contributed by atoms with Crippen molar-refractivity contribution in [1.82, 2.24) is 4.90 Å². The number of carbonyl (C=O) groups excluding carboxylic acids is 2. The number of nitrogens with zero attached hydrogens (tertiary/aromatic N) is 1. The number of hydrogen-bond acceptors (Lipinski definition) is 5. The smallest absolute Gasteiger partial charge is 0.410 e. The van der Waals surface area contributed by atoms with Gasteiger partial charge in [-0.25, -0.2) is 4.79 Å². The molecule has 1 saturated heterocycles. The Labute approximate surface area is 158 Å². The number of likely N-dealkylation sites (tertiary alicyclic amines) is 1. The number of ketones is 1. The summed E-state index contributed by atoms with van der Waals surface area (Å²) in [6.07, 6.45) is 1.05. The van der Waals surface area contributed by atoms with Crippen molar-refractivity contribution < 1.29 is 23.8 Å². The minimum absolute atomic E-state index is 0.0227. The minimum Gasteiger partial charge on any atom is -0.496 e. The van der Waals surface area contributed by atoms with Gasteiger partial charge in [-0.1, -0.05) is 11.6 Å². The Morgan fingerprint density at radius 1 is 1.27 bits per heavy atom. The number of benzene rings is 1. The number of halogens is 1. The van der Waals surface area contributed by atoms with Crippen LogP contribution in [0.2, 0.25) is 5.02 Å². The number of ether oxygens (including phenoxy) is 3. The number of amides is 1. The number of piperidine rings is 1. The van der Waals surface area contributed by atoms with Crippen LogP contribution >= 0.6 is 11.6 Å². The zero-order valence-corrected chi connectivity index (χ0v) is 16.3. The van der Waals surface area contributed by atoms with Crippen LogP contribution in [0.3, 0.4) is 0 Å². The van der Waals surface area contributed by atoms with Crippen molar-refractivity contribution in [2.45, 2.75) is 51.2 Å². The van der Waals surface area contributed by atoms with Crippen molar-refractivity contribution in [1.29, 1.82) is 0 Å². The van der Waals surface area contributed by atoms with Gasteiger partial charge in [-0.05, 0) is 32.9 Å². The van der Waals surface area contributed by atoms with Crippen LogP contribution < -0.4 is 9.47 Å². The average Bonchev–Trinajstić information content (AvgIpc) is 2.52. The van der Waals surface area contributed by atoms with Crippen LogP contribution in [-0.2, 0) is 4.74 Å². The zero-order valence-electron chi connectivity index (χ0n) is 15.6. The van der Waals surface area contributed by atoms with E-state index in [1.807, 2.05) is 20.8 Å². The number of Topliss-reactive ketones (excluding diaryl/α,β-unsaturated/α-hetero) is 1. The summed E-state index contributed by atoms with van der Waals surface area (Å²) in [6, 6.07) is 3.27. The first-order valence-electron chi connectivity index (χ1n) is 8.70. The SMILES string of the molecule is COc1cc(Cl)cc2c1C(=O)CC1(CCN(C(=O)OC(C)(C)C)CC1)O2. The van der Waals surface area contributed by atoms with Crippen molar-refractivity contribution in [2.75, 3.05) is 20.2 Å². The number of rotatable bonds is 1. The Morgan fingerprint density at radius 2 is 1.92 bits per heavy atom. The highest BCUT2D eigenvalue weighted by Gasteiger charge is 2.45. The van der Waals surface area contributed by atoms with E-state index in [4.69, 9.17) is 25.8 Å². The second-order valence-corrected chi connectivity index (χ2v) is 8.27. The molecule has 0 aliphatic carbocycles. The highest BCUT2D eigenvalue weighted by molar-refractivity contribution is 6.31. The Balaban J connectivity index is 1.75. The van der Waals surface area contributed by atoms with E-state index in [1.165, 1.54) is 7.11 Å². The lowest BCUT2D eigenvalue weighted by molar-refractivity contribution is -0.0227. The molecule has 2 aliphatic rings. The summed E-state index contributed by atoms with van der Waals surface area (Å²) in [4.78, 5) is 26.6. The molecular formula is C19H24ClNO5. The molecular weight excluding hydrogens is 358 g/mol. The fourth-order valence-corrected chi connectivity index (χ4v) is 3.62. The zero-order chi connectivity index (χ0) is 19.1. The number of carbonyl (C=O) groups is 2. The Morgan fingerprint density at radius 3 is 2.50 bits per heavy atom. The summed E-state index contributed by atoms with van der Waals surface area (Å²) in [5.74, 6) is 0.861. The molecule has 0 bridgehead atoms. The van der Waals surface area contributed by atoms with Crippen molar-refractivity contribution >= 4 is 23.5 Å². The molecule has 7 heteroatoms. The second kappa shape index (κ2) is 6.65. The molecule has 2 heterocycles. The lowest BCUT2D eigenvalue weighted by Gasteiger charge is -2.44. The molecule has 0 aromatic heterocycles. The number of fused-ring (bicyclic) bond motifs is 1. The number of hydrogen-bond donors (Lipinski definition) is 0. The van der Waals surface area contributed by atoms with Crippen LogP contribution in [0, 0.1) is 0 Å². The summed E-state index contributed by atoms with van der Waals surface area (Å²) in [7, 11) is 1.50. The highest BCUT2D eigenvalue weighted by Crippen LogP contribution is 2.44. The topological polar surface area (TPSA) is 65.1 Å². The van der Waals surface area contributed by atoms with Crippen LogP contribution in [0.4, 0.5) is 4.79 Å². The molecule has 142 valence electrons. The number of methoxy groups -OCH3 is 1. The summed E-state index contributed by atoms with van der Waals surface area (Å²) < 4.78 is 16.9. The molecule has 6 nitrogen and oxygen atoms in total.